The highest BCUT2D eigenvalue weighted by atomic mass is 16.6. The number of hydrogen-bond donors (Lipinski definition) is 1. The molecule has 0 fully saturated rings. The van der Waals surface area contributed by atoms with Crippen LogP contribution in [0, 0.1) is 15.5 Å². The highest BCUT2D eigenvalue weighted by molar-refractivity contribution is 5.73. The van der Waals surface area contributed by atoms with E-state index in [4.69, 9.17) is 14.2 Å². The fraction of sp³-hybridized carbons (Fsp3) is 0.588. The van der Waals surface area contributed by atoms with Crippen molar-refractivity contribution in [2.24, 2.45) is 5.41 Å². The van der Waals surface area contributed by atoms with Gasteiger partial charge in [0.2, 0.25) is 11.5 Å². The number of amides is 1. The van der Waals surface area contributed by atoms with Crippen LogP contribution in [-0.4, -0.2) is 37.9 Å². The van der Waals surface area contributed by atoms with E-state index in [1.807, 2.05) is 0 Å². The molecule has 140 valence electrons. The molecule has 1 rings (SSSR count). The predicted molar refractivity (Wildman–Crippen MR) is 93.2 cm³/mol. The number of benzene rings is 1. The summed E-state index contributed by atoms with van der Waals surface area (Å²) in [5, 5.41) is 13.7. The van der Waals surface area contributed by atoms with Gasteiger partial charge in [-0.1, -0.05) is 26.8 Å². The molecule has 0 aliphatic rings. The summed E-state index contributed by atoms with van der Waals surface area (Å²) in [5.74, 6) is -0.130. The summed E-state index contributed by atoms with van der Waals surface area (Å²) in [5.41, 5.74) is -0.372. The van der Waals surface area contributed by atoms with Gasteiger partial charge < -0.3 is 19.5 Å². The Balaban J connectivity index is 2.57. The van der Waals surface area contributed by atoms with Crippen molar-refractivity contribution in [2.45, 2.75) is 39.7 Å². The van der Waals surface area contributed by atoms with Gasteiger partial charge in [0, 0.05) is 13.7 Å². The number of nitrogens with one attached hydrogen (secondary N) is 1. The van der Waals surface area contributed by atoms with Crippen molar-refractivity contribution in [1.29, 1.82) is 0 Å². The van der Waals surface area contributed by atoms with Gasteiger partial charge in [-0.2, -0.15) is 0 Å². The molecule has 0 aromatic heterocycles. The molecule has 0 heterocycles. The maximum Gasteiger partial charge on any atom is 0.412 e. The van der Waals surface area contributed by atoms with Crippen molar-refractivity contribution < 1.29 is 23.9 Å². The molecular weight excluding hydrogens is 328 g/mol. The van der Waals surface area contributed by atoms with Crippen molar-refractivity contribution in [3.8, 4) is 11.5 Å². The Morgan fingerprint density at radius 3 is 2.44 bits per heavy atom. The van der Waals surface area contributed by atoms with Crippen LogP contribution in [0.25, 0.3) is 0 Å². The lowest BCUT2D eigenvalue weighted by Gasteiger charge is -2.29. The highest BCUT2D eigenvalue weighted by Gasteiger charge is 2.25. The summed E-state index contributed by atoms with van der Waals surface area (Å²) in [4.78, 5) is 22.4. The molecule has 8 nitrogen and oxygen atoms in total. The van der Waals surface area contributed by atoms with E-state index in [0.717, 1.165) is 6.42 Å². The van der Waals surface area contributed by atoms with Gasteiger partial charge >= 0.3 is 11.8 Å². The van der Waals surface area contributed by atoms with Gasteiger partial charge in [0.15, 0.2) is 0 Å². The highest BCUT2D eigenvalue weighted by Crippen LogP contribution is 2.36. The summed E-state index contributed by atoms with van der Waals surface area (Å²) < 4.78 is 15.4. The first-order chi connectivity index (χ1) is 11.7. The lowest BCUT2D eigenvalue weighted by molar-refractivity contribution is -0.386. The Labute approximate surface area is 147 Å². The van der Waals surface area contributed by atoms with E-state index >= 15 is 0 Å². The van der Waals surface area contributed by atoms with Crippen LogP contribution in [-0.2, 0) is 4.74 Å². The number of ether oxygens (including phenoxy) is 3. The van der Waals surface area contributed by atoms with Crippen LogP contribution in [0.2, 0.25) is 0 Å². The molecule has 1 aromatic rings. The third-order valence-corrected chi connectivity index (χ3v) is 3.73. The van der Waals surface area contributed by atoms with Gasteiger partial charge in [0.1, 0.15) is 0 Å². The average molecular weight is 354 g/mol. The van der Waals surface area contributed by atoms with E-state index in [9.17, 15) is 14.9 Å². The fourth-order valence-electron chi connectivity index (χ4n) is 2.45. The Morgan fingerprint density at radius 2 is 1.92 bits per heavy atom. The Kier molecular flexibility index (Phi) is 7.63. The minimum Gasteiger partial charge on any atom is -0.490 e. The number of hydrogen-bond acceptors (Lipinski definition) is 6. The van der Waals surface area contributed by atoms with Crippen molar-refractivity contribution in [3.63, 3.8) is 0 Å². The summed E-state index contributed by atoms with van der Waals surface area (Å²) in [6.07, 6.45) is 0.802. The van der Waals surface area contributed by atoms with Crippen molar-refractivity contribution in [1.82, 2.24) is 5.32 Å². The summed E-state index contributed by atoms with van der Waals surface area (Å²) in [6, 6.07) is 4.29. The second-order valence-electron chi connectivity index (χ2n) is 6.61. The van der Waals surface area contributed by atoms with Gasteiger partial charge in [-0.3, -0.25) is 10.1 Å². The second-order valence-corrected chi connectivity index (χ2v) is 6.61. The molecule has 0 saturated carbocycles. The molecule has 25 heavy (non-hydrogen) atoms. The van der Waals surface area contributed by atoms with E-state index in [2.05, 4.69) is 26.1 Å². The third kappa shape index (κ3) is 6.22. The minimum absolute atomic E-state index is 0.0104. The molecule has 1 atom stereocenters. The first kappa shape index (κ1) is 20.7. The van der Waals surface area contributed by atoms with Crippen LogP contribution < -0.4 is 14.8 Å². The van der Waals surface area contributed by atoms with E-state index in [-0.39, 0.29) is 28.7 Å². The van der Waals surface area contributed by atoms with Crippen LogP contribution in [0.1, 0.15) is 33.6 Å². The van der Waals surface area contributed by atoms with Crippen LogP contribution in [0.4, 0.5) is 10.5 Å². The summed E-state index contributed by atoms with van der Waals surface area (Å²) in [7, 11) is 2.98. The summed E-state index contributed by atoms with van der Waals surface area (Å²) in [6.45, 7) is 6.65. The topological polar surface area (TPSA) is 99.9 Å². The monoisotopic (exact) mass is 354 g/mol. The number of rotatable bonds is 8. The Hall–Kier alpha value is -2.35. The first-order valence-corrected chi connectivity index (χ1v) is 8.00. The number of para-hydroxylation sites is 1. The van der Waals surface area contributed by atoms with E-state index < -0.39 is 11.0 Å². The van der Waals surface area contributed by atoms with Crippen LogP contribution in [0.15, 0.2) is 18.2 Å². The number of nitro groups is 1. The molecule has 1 aromatic carbocycles. The normalized spacial score (nSPS) is 12.4. The van der Waals surface area contributed by atoms with E-state index in [0.29, 0.717) is 13.0 Å². The van der Waals surface area contributed by atoms with Gasteiger partial charge in [-0.05, 0) is 30.4 Å². The Bertz CT molecular complexity index is 597. The standard InChI is InChI=1S/C17H26N2O6/c1-17(2,3)14(24-5)10-7-11-18-16(20)25-13-9-6-8-12(23-4)15(13)19(21)22/h6,8-9,14H,7,10-11H2,1-5H3,(H,18,20). The maximum absolute atomic E-state index is 11.9. The van der Waals surface area contributed by atoms with Crippen molar-refractivity contribution >= 4 is 11.8 Å². The number of nitro benzene ring substituents is 1. The van der Waals surface area contributed by atoms with Crippen LogP contribution in [0.3, 0.4) is 0 Å². The zero-order chi connectivity index (χ0) is 19.0. The molecule has 1 unspecified atom stereocenters. The average Bonchev–Trinajstić information content (AvgIpc) is 2.52. The molecule has 0 saturated heterocycles. The molecule has 1 N–H and O–H groups in total. The van der Waals surface area contributed by atoms with Crippen molar-refractivity contribution in [2.75, 3.05) is 20.8 Å². The quantitative estimate of drug-likeness (QED) is 0.435. The molecule has 0 spiro atoms. The van der Waals surface area contributed by atoms with Crippen molar-refractivity contribution in [3.05, 3.63) is 28.3 Å². The zero-order valence-electron chi connectivity index (χ0n) is 15.3. The molecule has 0 bridgehead atoms. The smallest absolute Gasteiger partial charge is 0.412 e. The number of methoxy groups -OCH3 is 2. The first-order valence-electron chi connectivity index (χ1n) is 8.00. The molecular formula is C17H26N2O6. The van der Waals surface area contributed by atoms with E-state index in [1.165, 1.54) is 25.3 Å². The largest absolute Gasteiger partial charge is 0.490 e. The van der Waals surface area contributed by atoms with Gasteiger partial charge in [-0.15, -0.1) is 0 Å². The summed E-state index contributed by atoms with van der Waals surface area (Å²) >= 11 is 0. The molecule has 0 aliphatic carbocycles. The molecule has 0 radical (unpaired) electrons. The minimum atomic E-state index is -0.749. The predicted octanol–water partition coefficient (Wildman–Crippen LogP) is 3.53. The lowest BCUT2D eigenvalue weighted by atomic mass is 9.86. The number of carbonyl (C=O) groups is 1. The maximum atomic E-state index is 11.9. The Morgan fingerprint density at radius 1 is 1.28 bits per heavy atom. The molecule has 8 heteroatoms. The SMILES string of the molecule is COc1cccc(OC(=O)NCCCC(OC)C(C)(C)C)c1[N+](=O)[O-]. The third-order valence-electron chi connectivity index (χ3n) is 3.73. The van der Waals surface area contributed by atoms with Gasteiger partial charge in [0.05, 0.1) is 18.1 Å². The van der Waals surface area contributed by atoms with Gasteiger partial charge in [-0.25, -0.2) is 4.79 Å². The van der Waals surface area contributed by atoms with Crippen LogP contribution in [0.5, 0.6) is 11.5 Å². The molecule has 1 amide bonds. The lowest BCUT2D eigenvalue weighted by Crippen LogP contribution is -2.31. The number of nitrogens with zero attached hydrogens (tertiary/aromatic N) is 1. The fourth-order valence-corrected chi connectivity index (χ4v) is 2.45. The van der Waals surface area contributed by atoms with E-state index in [1.54, 1.807) is 7.11 Å². The molecule has 0 aliphatic heterocycles. The van der Waals surface area contributed by atoms with Gasteiger partial charge in [0.25, 0.3) is 0 Å². The zero-order valence-corrected chi connectivity index (χ0v) is 15.3. The number of carbonyl (C=O) groups excluding carboxylic acids is 1. The van der Waals surface area contributed by atoms with Crippen LogP contribution >= 0.6 is 0 Å². The second kappa shape index (κ2) is 9.22.